The third-order valence-corrected chi connectivity index (χ3v) is 4.61. The standard InChI is InChI=1S/C23H23N3O5/c1-14-12-15(7-9-17(14)22(28)29)5-6-16-8-10-19(18(13-16)23(30)31)26-21(27)20(25-2)4-3-11-24/h3-4,7-13,24H,5-6H2,1-2H3,(H,26,27)(H,28,29)(H,30,31)/b4-3-,24-11?,25-20+. The van der Waals surface area contributed by atoms with Crippen molar-refractivity contribution in [3.8, 4) is 0 Å². The fraction of sp³-hybridized carbons (Fsp3) is 0.174. The molecule has 0 atom stereocenters. The highest BCUT2D eigenvalue weighted by Gasteiger charge is 2.16. The van der Waals surface area contributed by atoms with Crippen molar-refractivity contribution in [2.45, 2.75) is 19.8 Å². The minimum atomic E-state index is -1.18. The Morgan fingerprint density at radius 2 is 1.61 bits per heavy atom. The van der Waals surface area contributed by atoms with Gasteiger partial charge in [-0.3, -0.25) is 9.79 Å². The van der Waals surface area contributed by atoms with Crippen LogP contribution < -0.4 is 5.32 Å². The van der Waals surface area contributed by atoms with Gasteiger partial charge in [0.2, 0.25) is 0 Å². The van der Waals surface area contributed by atoms with Crippen LogP contribution in [0.3, 0.4) is 0 Å². The minimum Gasteiger partial charge on any atom is -0.478 e. The molecule has 8 heteroatoms. The molecule has 0 radical (unpaired) electrons. The summed E-state index contributed by atoms with van der Waals surface area (Å²) in [7, 11) is 1.43. The number of hydrogen-bond acceptors (Lipinski definition) is 5. The second kappa shape index (κ2) is 10.6. The highest BCUT2D eigenvalue weighted by molar-refractivity contribution is 6.47. The van der Waals surface area contributed by atoms with E-state index >= 15 is 0 Å². The summed E-state index contributed by atoms with van der Waals surface area (Å²) in [5.41, 5.74) is 2.79. The summed E-state index contributed by atoms with van der Waals surface area (Å²) in [5.74, 6) is -2.73. The molecule has 1 amide bonds. The summed E-state index contributed by atoms with van der Waals surface area (Å²) in [4.78, 5) is 39.0. The van der Waals surface area contributed by atoms with E-state index in [1.165, 1.54) is 31.3 Å². The van der Waals surface area contributed by atoms with Crippen LogP contribution in [-0.2, 0) is 17.6 Å². The summed E-state index contributed by atoms with van der Waals surface area (Å²) in [6, 6.07) is 9.89. The van der Waals surface area contributed by atoms with Gasteiger partial charge < -0.3 is 20.9 Å². The number of rotatable bonds is 9. The maximum absolute atomic E-state index is 12.3. The zero-order valence-electron chi connectivity index (χ0n) is 17.2. The molecule has 0 aliphatic heterocycles. The van der Waals surface area contributed by atoms with Crippen LogP contribution in [0.25, 0.3) is 0 Å². The molecular formula is C23H23N3O5. The van der Waals surface area contributed by atoms with Crippen LogP contribution in [0.4, 0.5) is 5.69 Å². The van der Waals surface area contributed by atoms with E-state index in [0.717, 1.165) is 17.3 Å². The number of benzene rings is 2. The van der Waals surface area contributed by atoms with Crippen molar-refractivity contribution in [1.82, 2.24) is 0 Å². The summed E-state index contributed by atoms with van der Waals surface area (Å²) >= 11 is 0. The van der Waals surface area contributed by atoms with Gasteiger partial charge in [-0.25, -0.2) is 9.59 Å². The van der Waals surface area contributed by atoms with Gasteiger partial charge in [0.05, 0.1) is 16.8 Å². The van der Waals surface area contributed by atoms with Crippen LogP contribution in [0.15, 0.2) is 53.5 Å². The predicted molar refractivity (Wildman–Crippen MR) is 119 cm³/mol. The van der Waals surface area contributed by atoms with Gasteiger partial charge in [0.1, 0.15) is 5.71 Å². The number of carbonyl (C=O) groups excluding carboxylic acids is 1. The molecule has 0 fully saturated rings. The Kier molecular flexibility index (Phi) is 7.96. The molecule has 0 aliphatic rings. The lowest BCUT2D eigenvalue weighted by molar-refractivity contribution is -0.110. The van der Waals surface area contributed by atoms with Gasteiger partial charge in [0.25, 0.3) is 5.91 Å². The molecule has 8 nitrogen and oxygen atoms in total. The van der Waals surface area contributed by atoms with Crippen LogP contribution in [0.1, 0.15) is 37.4 Å². The van der Waals surface area contributed by atoms with Crippen LogP contribution >= 0.6 is 0 Å². The molecule has 2 aromatic carbocycles. The number of nitrogens with one attached hydrogen (secondary N) is 2. The number of nitrogens with zero attached hydrogens (tertiary/aromatic N) is 1. The number of aromatic carboxylic acids is 2. The molecule has 0 aliphatic carbocycles. The number of anilines is 1. The lowest BCUT2D eigenvalue weighted by Crippen LogP contribution is -2.22. The normalized spacial score (nSPS) is 11.4. The fourth-order valence-corrected chi connectivity index (χ4v) is 3.02. The Morgan fingerprint density at radius 3 is 2.16 bits per heavy atom. The first-order valence-electron chi connectivity index (χ1n) is 9.41. The van der Waals surface area contributed by atoms with Gasteiger partial charge in [-0.15, -0.1) is 0 Å². The number of carboxylic acids is 2. The number of allylic oxidation sites excluding steroid dienone is 1. The van der Waals surface area contributed by atoms with Gasteiger partial charge in [0, 0.05) is 13.3 Å². The third-order valence-electron chi connectivity index (χ3n) is 4.61. The largest absolute Gasteiger partial charge is 0.478 e. The van der Waals surface area contributed by atoms with Crippen LogP contribution in [-0.4, -0.2) is 47.0 Å². The highest BCUT2D eigenvalue weighted by Crippen LogP contribution is 2.20. The Balaban J connectivity index is 2.18. The summed E-state index contributed by atoms with van der Waals surface area (Å²) in [6.45, 7) is 1.73. The Morgan fingerprint density at radius 1 is 1.00 bits per heavy atom. The molecule has 0 saturated heterocycles. The molecule has 160 valence electrons. The summed E-state index contributed by atoms with van der Waals surface area (Å²) in [6.07, 6.45) is 4.85. The SMILES string of the molecule is C/N=C(\C=C/C=N)C(=O)Nc1ccc(CCc2ccc(C(=O)O)c(C)c2)cc1C(=O)O. The second-order valence-electron chi connectivity index (χ2n) is 6.73. The van der Waals surface area contributed by atoms with E-state index in [1.54, 1.807) is 25.1 Å². The molecule has 0 aromatic heterocycles. The molecule has 2 rings (SSSR count). The van der Waals surface area contributed by atoms with Crippen LogP contribution in [0.2, 0.25) is 0 Å². The first-order chi connectivity index (χ1) is 14.8. The van der Waals surface area contributed by atoms with Gasteiger partial charge >= 0.3 is 11.9 Å². The Hall–Kier alpha value is -4.07. The van der Waals surface area contributed by atoms with E-state index in [0.29, 0.717) is 18.4 Å². The molecule has 0 bridgehead atoms. The zero-order valence-corrected chi connectivity index (χ0v) is 17.2. The number of carboxylic acid groups (broad SMARTS) is 2. The second-order valence-corrected chi connectivity index (χ2v) is 6.73. The highest BCUT2D eigenvalue weighted by atomic mass is 16.4. The van der Waals surface area contributed by atoms with Crippen molar-refractivity contribution < 1.29 is 24.6 Å². The van der Waals surface area contributed by atoms with Crippen molar-refractivity contribution in [3.05, 3.63) is 76.4 Å². The quantitative estimate of drug-likeness (QED) is 0.460. The Bertz CT molecular complexity index is 1090. The van der Waals surface area contributed by atoms with Gasteiger partial charge in [-0.2, -0.15) is 0 Å². The predicted octanol–water partition coefficient (Wildman–Crippen LogP) is 3.39. The van der Waals surface area contributed by atoms with E-state index in [-0.39, 0.29) is 22.5 Å². The lowest BCUT2D eigenvalue weighted by Gasteiger charge is -2.11. The topological polar surface area (TPSA) is 140 Å². The van der Waals surface area contributed by atoms with Crippen LogP contribution in [0, 0.1) is 12.3 Å². The van der Waals surface area contributed by atoms with Gasteiger partial charge in [-0.05, 0) is 66.8 Å². The summed E-state index contributed by atoms with van der Waals surface area (Å²) < 4.78 is 0. The average molecular weight is 421 g/mol. The first-order valence-corrected chi connectivity index (χ1v) is 9.41. The third kappa shape index (κ3) is 6.20. The molecule has 0 saturated carbocycles. The van der Waals surface area contributed by atoms with Gasteiger partial charge in [0.15, 0.2) is 0 Å². The van der Waals surface area contributed by atoms with Crippen molar-refractivity contribution in [2.75, 3.05) is 12.4 Å². The molecule has 4 N–H and O–H groups in total. The smallest absolute Gasteiger partial charge is 0.337 e. The lowest BCUT2D eigenvalue weighted by atomic mass is 9.98. The van der Waals surface area contributed by atoms with Crippen molar-refractivity contribution in [1.29, 1.82) is 5.41 Å². The van der Waals surface area contributed by atoms with Crippen molar-refractivity contribution >= 4 is 35.5 Å². The number of aliphatic imine (C=N–C) groups is 1. The molecule has 31 heavy (non-hydrogen) atoms. The molecule has 0 unspecified atom stereocenters. The fourth-order valence-electron chi connectivity index (χ4n) is 3.02. The van der Waals surface area contributed by atoms with Crippen molar-refractivity contribution in [2.24, 2.45) is 4.99 Å². The number of carbonyl (C=O) groups is 3. The minimum absolute atomic E-state index is 0.0465. The molecule has 2 aromatic rings. The van der Waals surface area contributed by atoms with Crippen molar-refractivity contribution in [3.63, 3.8) is 0 Å². The van der Waals surface area contributed by atoms with Crippen LogP contribution in [0.5, 0.6) is 0 Å². The van der Waals surface area contributed by atoms with E-state index in [9.17, 15) is 19.5 Å². The molecule has 0 spiro atoms. The van der Waals surface area contributed by atoms with E-state index in [2.05, 4.69) is 10.3 Å². The number of aryl methyl sites for hydroxylation is 3. The zero-order chi connectivity index (χ0) is 23.0. The first kappa shape index (κ1) is 23.2. The van der Waals surface area contributed by atoms with Gasteiger partial charge in [-0.1, -0.05) is 18.2 Å². The van der Waals surface area contributed by atoms with E-state index in [4.69, 9.17) is 10.5 Å². The maximum Gasteiger partial charge on any atom is 0.337 e. The van der Waals surface area contributed by atoms with E-state index < -0.39 is 17.8 Å². The number of hydrogen-bond donors (Lipinski definition) is 4. The monoisotopic (exact) mass is 421 g/mol. The average Bonchev–Trinajstić information content (AvgIpc) is 2.73. The maximum atomic E-state index is 12.3. The Labute approximate surface area is 179 Å². The summed E-state index contributed by atoms with van der Waals surface area (Å²) in [5, 5.41) is 28.2. The van der Waals surface area contributed by atoms with E-state index in [1.807, 2.05) is 6.07 Å². The number of amides is 1. The molecular weight excluding hydrogens is 398 g/mol. The molecule has 0 heterocycles.